The number of aryl methyl sites for hydroxylation is 2. The van der Waals surface area contributed by atoms with Gasteiger partial charge in [0, 0.05) is 17.0 Å². The van der Waals surface area contributed by atoms with Crippen molar-refractivity contribution >= 4 is 27.4 Å². The van der Waals surface area contributed by atoms with E-state index in [-0.39, 0.29) is 0 Å². The third-order valence-electron chi connectivity index (χ3n) is 4.07. The van der Waals surface area contributed by atoms with Crippen LogP contribution in [0.4, 0.5) is 5.82 Å². The fourth-order valence-corrected chi connectivity index (χ4v) is 3.78. The van der Waals surface area contributed by atoms with Gasteiger partial charge in [0.25, 0.3) is 0 Å². The molecule has 2 heterocycles. The molecule has 0 spiro atoms. The first kappa shape index (κ1) is 15.9. The summed E-state index contributed by atoms with van der Waals surface area (Å²) >= 11 is 1.73. The van der Waals surface area contributed by atoms with Gasteiger partial charge in [-0.3, -0.25) is 0 Å². The summed E-state index contributed by atoms with van der Waals surface area (Å²) in [5.74, 6) is 0.934. The number of anilines is 1. The molecule has 0 fully saturated rings. The predicted octanol–water partition coefficient (Wildman–Crippen LogP) is 2.56. The molecule has 0 aliphatic carbocycles. The fraction of sp³-hybridized carbons (Fsp3) is 0.333. The highest BCUT2D eigenvalue weighted by Crippen LogP contribution is 2.32. The highest BCUT2D eigenvalue weighted by Gasteiger charge is 2.12. The van der Waals surface area contributed by atoms with Crippen molar-refractivity contribution in [2.45, 2.75) is 26.9 Å². The van der Waals surface area contributed by atoms with Crippen LogP contribution in [0.2, 0.25) is 0 Å². The molecule has 0 aliphatic rings. The van der Waals surface area contributed by atoms with Crippen LogP contribution in [0.25, 0.3) is 10.2 Å². The van der Waals surface area contributed by atoms with Crippen molar-refractivity contribution in [2.24, 2.45) is 0 Å². The second kappa shape index (κ2) is 6.64. The lowest BCUT2D eigenvalue weighted by molar-refractivity contribution is -0.872. The molecule has 0 radical (unpaired) electrons. The third kappa shape index (κ3) is 3.35. The van der Waals surface area contributed by atoms with E-state index in [0.717, 1.165) is 29.1 Å². The molecule has 0 unspecified atom stereocenters. The Labute approximate surface area is 141 Å². The molecule has 0 bridgehead atoms. The van der Waals surface area contributed by atoms with Crippen molar-refractivity contribution in [1.82, 2.24) is 9.97 Å². The molecule has 2 N–H and O–H groups in total. The van der Waals surface area contributed by atoms with Crippen LogP contribution in [-0.2, 0) is 13.1 Å². The lowest BCUT2D eigenvalue weighted by Crippen LogP contribution is -3.04. The molecule has 5 heteroatoms. The average molecular weight is 327 g/mol. The highest BCUT2D eigenvalue weighted by molar-refractivity contribution is 7.18. The van der Waals surface area contributed by atoms with Crippen LogP contribution in [-0.4, -0.2) is 24.1 Å². The first-order valence-corrected chi connectivity index (χ1v) is 8.68. The van der Waals surface area contributed by atoms with Crippen LogP contribution in [0, 0.1) is 13.8 Å². The van der Waals surface area contributed by atoms with Crippen molar-refractivity contribution in [2.75, 3.05) is 19.4 Å². The first-order chi connectivity index (χ1) is 11.1. The van der Waals surface area contributed by atoms with Gasteiger partial charge in [-0.15, -0.1) is 11.3 Å². The van der Waals surface area contributed by atoms with Gasteiger partial charge >= 0.3 is 0 Å². The van der Waals surface area contributed by atoms with E-state index >= 15 is 0 Å². The lowest BCUT2D eigenvalue weighted by atomic mass is 10.1. The van der Waals surface area contributed by atoms with Crippen molar-refractivity contribution < 1.29 is 4.90 Å². The Kier molecular flexibility index (Phi) is 4.59. The van der Waals surface area contributed by atoms with Crippen molar-refractivity contribution in [3.05, 3.63) is 52.2 Å². The summed E-state index contributed by atoms with van der Waals surface area (Å²) < 4.78 is 0. The molecular formula is C18H23N4S+. The van der Waals surface area contributed by atoms with E-state index in [1.54, 1.807) is 17.7 Å². The van der Waals surface area contributed by atoms with Crippen LogP contribution in [0.15, 0.2) is 30.6 Å². The SMILES string of the molecule is Cc1sc2ncnc(NCc3ccccc3C[NH+](C)C)c2c1C. The second-order valence-corrected chi connectivity index (χ2v) is 7.40. The Morgan fingerprint density at radius 1 is 1.09 bits per heavy atom. The largest absolute Gasteiger partial charge is 0.365 e. The maximum Gasteiger partial charge on any atom is 0.138 e. The van der Waals surface area contributed by atoms with Gasteiger partial charge in [-0.25, -0.2) is 9.97 Å². The van der Waals surface area contributed by atoms with E-state index in [1.165, 1.54) is 26.5 Å². The zero-order valence-electron chi connectivity index (χ0n) is 14.1. The van der Waals surface area contributed by atoms with E-state index in [2.05, 4.69) is 67.5 Å². The van der Waals surface area contributed by atoms with Crippen LogP contribution < -0.4 is 10.2 Å². The molecule has 0 atom stereocenters. The number of rotatable bonds is 5. The minimum Gasteiger partial charge on any atom is -0.365 e. The van der Waals surface area contributed by atoms with E-state index in [1.807, 2.05) is 0 Å². The molecule has 0 saturated carbocycles. The summed E-state index contributed by atoms with van der Waals surface area (Å²) in [6.45, 7) is 6.09. The number of thiophene rings is 1. The Balaban J connectivity index is 1.87. The maximum absolute atomic E-state index is 4.47. The smallest absolute Gasteiger partial charge is 0.138 e. The summed E-state index contributed by atoms with van der Waals surface area (Å²) in [7, 11) is 4.35. The summed E-state index contributed by atoms with van der Waals surface area (Å²) in [6, 6.07) is 8.60. The molecule has 3 rings (SSSR count). The number of hydrogen-bond donors (Lipinski definition) is 2. The molecule has 0 aliphatic heterocycles. The second-order valence-electron chi connectivity index (χ2n) is 6.19. The van der Waals surface area contributed by atoms with Gasteiger partial charge in [-0.2, -0.15) is 0 Å². The standard InChI is InChI=1S/C18H22N4S/c1-12-13(2)23-18-16(12)17(20-11-21-18)19-9-14-7-5-6-8-15(14)10-22(3)4/h5-8,11H,9-10H2,1-4H3,(H,19,20,21)/p+1. The average Bonchev–Trinajstić information content (AvgIpc) is 2.81. The minimum atomic E-state index is 0.782. The summed E-state index contributed by atoms with van der Waals surface area (Å²) in [5, 5.41) is 4.68. The fourth-order valence-electron chi connectivity index (χ4n) is 2.78. The molecule has 120 valence electrons. The van der Waals surface area contributed by atoms with E-state index in [9.17, 15) is 0 Å². The summed E-state index contributed by atoms with van der Waals surface area (Å²) in [5.41, 5.74) is 3.98. The Morgan fingerprint density at radius 2 is 1.83 bits per heavy atom. The molecule has 1 aromatic carbocycles. The topological polar surface area (TPSA) is 42.2 Å². The number of quaternary nitrogens is 1. The van der Waals surface area contributed by atoms with Gasteiger partial charge in [-0.1, -0.05) is 24.3 Å². The minimum absolute atomic E-state index is 0.782. The molecule has 0 saturated heterocycles. The molecule has 4 nitrogen and oxygen atoms in total. The highest BCUT2D eigenvalue weighted by atomic mass is 32.1. The normalized spacial score (nSPS) is 11.3. The number of hydrogen-bond acceptors (Lipinski definition) is 4. The number of nitrogens with one attached hydrogen (secondary N) is 2. The van der Waals surface area contributed by atoms with Gasteiger partial charge in [0.1, 0.15) is 23.5 Å². The van der Waals surface area contributed by atoms with E-state index < -0.39 is 0 Å². The van der Waals surface area contributed by atoms with Crippen molar-refractivity contribution in [1.29, 1.82) is 0 Å². The van der Waals surface area contributed by atoms with Gasteiger partial charge in [-0.05, 0) is 25.0 Å². The molecule has 3 aromatic rings. The third-order valence-corrected chi connectivity index (χ3v) is 5.19. The number of nitrogens with zero attached hydrogens (tertiary/aromatic N) is 2. The van der Waals surface area contributed by atoms with E-state index in [4.69, 9.17) is 0 Å². The van der Waals surface area contributed by atoms with Gasteiger partial charge in [0.2, 0.25) is 0 Å². The van der Waals surface area contributed by atoms with E-state index in [0.29, 0.717) is 0 Å². The van der Waals surface area contributed by atoms with Gasteiger partial charge in [0.15, 0.2) is 0 Å². The summed E-state index contributed by atoms with van der Waals surface area (Å²) in [6.07, 6.45) is 1.65. The maximum atomic E-state index is 4.47. The quantitative estimate of drug-likeness (QED) is 0.757. The Bertz CT molecular complexity index is 823. The van der Waals surface area contributed by atoms with Crippen LogP contribution in [0.5, 0.6) is 0 Å². The lowest BCUT2D eigenvalue weighted by Gasteiger charge is -2.13. The summed E-state index contributed by atoms with van der Waals surface area (Å²) in [4.78, 5) is 12.7. The Hall–Kier alpha value is -1.98. The van der Waals surface area contributed by atoms with Gasteiger partial charge in [0.05, 0.1) is 19.5 Å². The first-order valence-electron chi connectivity index (χ1n) is 7.86. The number of fused-ring (bicyclic) bond motifs is 1. The van der Waals surface area contributed by atoms with Crippen LogP contribution in [0.1, 0.15) is 21.6 Å². The number of aromatic nitrogens is 2. The monoisotopic (exact) mass is 327 g/mol. The van der Waals surface area contributed by atoms with Gasteiger partial charge < -0.3 is 10.2 Å². The van der Waals surface area contributed by atoms with Crippen molar-refractivity contribution in [3.8, 4) is 0 Å². The van der Waals surface area contributed by atoms with Crippen molar-refractivity contribution in [3.63, 3.8) is 0 Å². The predicted molar refractivity (Wildman–Crippen MR) is 97.2 cm³/mol. The zero-order valence-corrected chi connectivity index (χ0v) is 14.9. The molecule has 23 heavy (non-hydrogen) atoms. The molecule has 0 amide bonds. The van der Waals surface area contributed by atoms with Crippen LogP contribution in [0.3, 0.4) is 0 Å². The Morgan fingerprint density at radius 3 is 2.57 bits per heavy atom. The molecular weight excluding hydrogens is 304 g/mol. The zero-order chi connectivity index (χ0) is 16.4. The number of benzene rings is 1. The van der Waals surface area contributed by atoms with Crippen LogP contribution >= 0.6 is 11.3 Å². The molecule has 2 aromatic heterocycles.